The molecule has 0 radical (unpaired) electrons. The number of hydrogen-bond acceptors (Lipinski definition) is 5. The van der Waals surface area contributed by atoms with Crippen molar-refractivity contribution in [3.8, 4) is 11.8 Å². The maximum absolute atomic E-state index is 12.6. The Kier molecular flexibility index (Phi) is 5.96. The van der Waals surface area contributed by atoms with Crippen LogP contribution in [0.25, 0.3) is 5.69 Å². The second-order valence-electron chi connectivity index (χ2n) is 8.05. The summed E-state index contributed by atoms with van der Waals surface area (Å²) >= 11 is 6.41. The lowest BCUT2D eigenvalue weighted by atomic mass is 9.74. The lowest BCUT2D eigenvalue weighted by Gasteiger charge is -2.37. The van der Waals surface area contributed by atoms with Gasteiger partial charge in [0.2, 0.25) is 0 Å². The molecule has 3 N–H and O–H groups in total. The van der Waals surface area contributed by atoms with Crippen LogP contribution in [-0.4, -0.2) is 22.8 Å². The zero-order valence-corrected chi connectivity index (χ0v) is 18.5. The van der Waals surface area contributed by atoms with Gasteiger partial charge in [-0.2, -0.15) is 5.26 Å². The number of methoxy groups -OCH3 is 1. The number of halogens is 1. The number of hydrogen-bond donors (Lipinski definition) is 2. The van der Waals surface area contributed by atoms with Gasteiger partial charge in [0.05, 0.1) is 24.0 Å². The van der Waals surface area contributed by atoms with Gasteiger partial charge >= 0.3 is 5.97 Å². The average Bonchev–Trinajstić information content (AvgIpc) is 3.47. The Morgan fingerprint density at radius 1 is 1.25 bits per heavy atom. The molecule has 0 saturated heterocycles. The van der Waals surface area contributed by atoms with Gasteiger partial charge in [-0.1, -0.05) is 54.8 Å². The molecule has 2 aromatic carbocycles. The molecule has 1 aliphatic carbocycles. The Morgan fingerprint density at radius 2 is 1.94 bits per heavy atom. The molecule has 6 nitrogen and oxygen atoms in total. The molecule has 164 valence electrons. The molecule has 4 rings (SSSR count). The normalized spacial score (nSPS) is 15.8. The van der Waals surface area contributed by atoms with Crippen LogP contribution in [0.5, 0.6) is 0 Å². The van der Waals surface area contributed by atoms with Crippen molar-refractivity contribution in [1.29, 1.82) is 5.26 Å². The van der Waals surface area contributed by atoms with E-state index in [-0.39, 0.29) is 22.9 Å². The van der Waals surface area contributed by atoms with Crippen molar-refractivity contribution in [2.24, 2.45) is 5.92 Å². The third-order valence-electron chi connectivity index (χ3n) is 6.33. The third kappa shape index (κ3) is 3.54. The maximum atomic E-state index is 12.6. The van der Waals surface area contributed by atoms with E-state index in [2.05, 4.69) is 0 Å². The summed E-state index contributed by atoms with van der Waals surface area (Å²) in [7, 11) is 1.26. The summed E-state index contributed by atoms with van der Waals surface area (Å²) in [6.07, 6.45) is 5.27. The lowest BCUT2D eigenvalue weighted by molar-refractivity contribution is 0.0188. The number of carbonyl (C=O) groups is 1. The number of aliphatic hydroxyl groups is 1. The number of nitrogens with two attached hydrogens (primary N) is 1. The number of nitriles is 1. The van der Waals surface area contributed by atoms with E-state index < -0.39 is 11.6 Å². The van der Waals surface area contributed by atoms with E-state index in [4.69, 9.17) is 22.1 Å². The first kappa shape index (κ1) is 21.9. The van der Waals surface area contributed by atoms with Crippen LogP contribution in [0.3, 0.4) is 0 Å². The van der Waals surface area contributed by atoms with E-state index >= 15 is 0 Å². The number of anilines is 1. The van der Waals surface area contributed by atoms with Gasteiger partial charge in [-0.05, 0) is 42.5 Å². The molecular formula is C25H24ClN3O3. The molecule has 0 bridgehead atoms. The van der Waals surface area contributed by atoms with Gasteiger partial charge in [0.15, 0.2) is 5.69 Å². The largest absolute Gasteiger partial charge is 0.464 e. The minimum Gasteiger partial charge on any atom is -0.464 e. The molecule has 3 aromatic rings. The van der Waals surface area contributed by atoms with E-state index in [9.17, 15) is 15.2 Å². The maximum Gasteiger partial charge on any atom is 0.357 e. The minimum absolute atomic E-state index is 0.0318. The first-order valence-electron chi connectivity index (χ1n) is 10.5. The highest BCUT2D eigenvalue weighted by Gasteiger charge is 2.43. The van der Waals surface area contributed by atoms with Crippen LogP contribution < -0.4 is 5.73 Å². The number of ether oxygens (including phenoxy) is 1. The summed E-state index contributed by atoms with van der Waals surface area (Å²) < 4.78 is 6.46. The third-order valence-corrected chi connectivity index (χ3v) is 6.57. The Balaban J connectivity index is 2.03. The molecule has 7 heteroatoms. The van der Waals surface area contributed by atoms with Gasteiger partial charge in [0, 0.05) is 16.8 Å². The number of rotatable bonds is 5. The predicted molar refractivity (Wildman–Crippen MR) is 123 cm³/mol. The first-order chi connectivity index (χ1) is 15.4. The molecule has 0 spiro atoms. The van der Waals surface area contributed by atoms with E-state index in [0.717, 1.165) is 31.2 Å². The van der Waals surface area contributed by atoms with Crippen molar-refractivity contribution >= 4 is 23.3 Å². The van der Waals surface area contributed by atoms with E-state index in [0.29, 0.717) is 16.3 Å². The molecule has 1 heterocycles. The van der Waals surface area contributed by atoms with Gasteiger partial charge in [0.1, 0.15) is 11.7 Å². The summed E-state index contributed by atoms with van der Waals surface area (Å²) in [6.45, 7) is 0. The van der Waals surface area contributed by atoms with Crippen LogP contribution >= 0.6 is 11.6 Å². The quantitative estimate of drug-likeness (QED) is 0.545. The van der Waals surface area contributed by atoms with E-state index in [1.165, 1.54) is 17.9 Å². The van der Waals surface area contributed by atoms with Gasteiger partial charge in [-0.25, -0.2) is 4.79 Å². The van der Waals surface area contributed by atoms with Crippen molar-refractivity contribution in [2.75, 3.05) is 12.8 Å². The average molecular weight is 450 g/mol. The Hall–Kier alpha value is -3.27. The second kappa shape index (κ2) is 8.70. The van der Waals surface area contributed by atoms with Crippen molar-refractivity contribution in [3.05, 3.63) is 82.1 Å². The molecule has 1 fully saturated rings. The highest BCUT2D eigenvalue weighted by Crippen LogP contribution is 2.47. The van der Waals surface area contributed by atoms with Gasteiger partial charge in [0.25, 0.3) is 0 Å². The van der Waals surface area contributed by atoms with E-state index in [1.807, 2.05) is 36.4 Å². The second-order valence-corrected chi connectivity index (χ2v) is 8.49. The van der Waals surface area contributed by atoms with Crippen LogP contribution in [0.4, 0.5) is 5.69 Å². The first-order valence-corrected chi connectivity index (χ1v) is 10.9. The summed E-state index contributed by atoms with van der Waals surface area (Å²) in [5, 5.41) is 22.3. The summed E-state index contributed by atoms with van der Waals surface area (Å²) in [5.41, 5.74) is 6.79. The minimum atomic E-state index is -1.35. The molecular weight excluding hydrogens is 426 g/mol. The molecule has 0 amide bonds. The van der Waals surface area contributed by atoms with Crippen molar-refractivity contribution < 1.29 is 14.6 Å². The fourth-order valence-electron chi connectivity index (χ4n) is 4.78. The molecule has 0 aliphatic heterocycles. The molecule has 1 aromatic heterocycles. The van der Waals surface area contributed by atoms with Crippen molar-refractivity contribution in [1.82, 2.24) is 4.57 Å². The number of benzene rings is 2. The number of nitrogens with zero attached hydrogens (tertiary/aromatic N) is 2. The Bertz CT molecular complexity index is 1190. The summed E-state index contributed by atoms with van der Waals surface area (Å²) in [5.74, 6) is -0.707. The summed E-state index contributed by atoms with van der Waals surface area (Å²) in [6, 6.07) is 16.6. The van der Waals surface area contributed by atoms with Gasteiger partial charge in [-0.3, -0.25) is 0 Å². The fourth-order valence-corrected chi connectivity index (χ4v) is 4.95. The number of esters is 1. The molecule has 1 atom stereocenters. The van der Waals surface area contributed by atoms with Crippen LogP contribution in [0.2, 0.25) is 5.02 Å². The number of carbonyl (C=O) groups excluding carboxylic acids is 1. The highest BCUT2D eigenvalue weighted by atomic mass is 35.5. The van der Waals surface area contributed by atoms with Crippen LogP contribution in [-0.2, 0) is 10.3 Å². The smallest absolute Gasteiger partial charge is 0.357 e. The monoisotopic (exact) mass is 449 g/mol. The van der Waals surface area contributed by atoms with Crippen LogP contribution in [0.1, 0.15) is 52.9 Å². The van der Waals surface area contributed by atoms with E-state index in [1.54, 1.807) is 18.2 Å². The van der Waals surface area contributed by atoms with Crippen molar-refractivity contribution in [2.45, 2.75) is 31.3 Å². The molecule has 32 heavy (non-hydrogen) atoms. The molecule has 1 aliphatic rings. The highest BCUT2D eigenvalue weighted by molar-refractivity contribution is 6.30. The van der Waals surface area contributed by atoms with Crippen LogP contribution in [0.15, 0.2) is 54.7 Å². The summed E-state index contributed by atoms with van der Waals surface area (Å²) in [4.78, 5) is 12.6. The molecule has 1 unspecified atom stereocenters. The fraction of sp³-hybridized carbons (Fsp3) is 0.280. The molecule has 1 saturated carbocycles. The topological polar surface area (TPSA) is 101 Å². The Labute approximate surface area is 191 Å². The number of aromatic nitrogens is 1. The standard InChI is InChI=1S/C25H24ClN3O3/c1-32-24(30)23-22(28)16(14-27)15-29(23)21-12-11-19(26)13-20(21)25(31,18-9-5-6-10-18)17-7-3-2-4-8-17/h2-4,7-8,11-13,15,18,31H,5-6,9-10,28H2,1H3. The SMILES string of the molecule is COC(=O)c1c(N)c(C#N)cn1-c1ccc(Cl)cc1C(O)(c1ccccc1)C1CCCC1. The van der Waals surface area contributed by atoms with Crippen LogP contribution in [0, 0.1) is 17.2 Å². The van der Waals surface area contributed by atoms with Gasteiger partial charge < -0.3 is 20.1 Å². The predicted octanol–water partition coefficient (Wildman–Crippen LogP) is 4.80. The zero-order chi connectivity index (χ0) is 22.9. The Morgan fingerprint density at radius 3 is 2.56 bits per heavy atom. The number of nitrogen functional groups attached to an aromatic ring is 1. The lowest BCUT2D eigenvalue weighted by Crippen LogP contribution is -2.36. The van der Waals surface area contributed by atoms with Crippen molar-refractivity contribution in [3.63, 3.8) is 0 Å². The van der Waals surface area contributed by atoms with Gasteiger partial charge in [-0.15, -0.1) is 0 Å². The zero-order valence-electron chi connectivity index (χ0n) is 17.7.